The summed E-state index contributed by atoms with van der Waals surface area (Å²) in [6, 6.07) is 8.03. The van der Waals surface area contributed by atoms with Crippen LogP contribution in [0.3, 0.4) is 0 Å². The average molecular weight is 269 g/mol. The standard InChI is InChI=1S/C16H19N3O/c1-20-15-4-2-3-14-13(15)7-10-18-16(14)19-11-12-5-8-17-9-6-12/h2-5,7,10,17H,6,8-9,11H2,1H3,(H,18,19). The Bertz CT molecular complexity index is 637. The van der Waals surface area contributed by atoms with Crippen molar-refractivity contribution in [3.05, 3.63) is 42.1 Å². The molecule has 0 saturated heterocycles. The van der Waals surface area contributed by atoms with Crippen molar-refractivity contribution in [2.45, 2.75) is 6.42 Å². The van der Waals surface area contributed by atoms with E-state index < -0.39 is 0 Å². The zero-order chi connectivity index (χ0) is 13.8. The number of rotatable bonds is 4. The minimum Gasteiger partial charge on any atom is -0.496 e. The molecule has 0 fully saturated rings. The Labute approximate surface area is 118 Å². The minimum atomic E-state index is 0.852. The van der Waals surface area contributed by atoms with Gasteiger partial charge in [0, 0.05) is 30.1 Å². The molecule has 2 N–H and O–H groups in total. The number of nitrogens with one attached hydrogen (secondary N) is 2. The molecule has 0 bridgehead atoms. The van der Waals surface area contributed by atoms with Gasteiger partial charge in [-0.05, 0) is 25.1 Å². The fourth-order valence-electron chi connectivity index (χ4n) is 2.52. The predicted molar refractivity (Wildman–Crippen MR) is 82.4 cm³/mol. The summed E-state index contributed by atoms with van der Waals surface area (Å²) in [5, 5.41) is 8.96. The van der Waals surface area contributed by atoms with Crippen LogP contribution in [-0.2, 0) is 0 Å². The third-order valence-corrected chi connectivity index (χ3v) is 3.63. The van der Waals surface area contributed by atoms with Gasteiger partial charge in [-0.15, -0.1) is 0 Å². The Balaban J connectivity index is 1.86. The average Bonchev–Trinajstić information content (AvgIpc) is 2.53. The molecule has 0 amide bonds. The number of hydrogen-bond acceptors (Lipinski definition) is 4. The summed E-state index contributed by atoms with van der Waals surface area (Å²) in [4.78, 5) is 4.46. The smallest absolute Gasteiger partial charge is 0.134 e. The summed E-state index contributed by atoms with van der Waals surface area (Å²) in [6.07, 6.45) is 5.17. The second-order valence-electron chi connectivity index (χ2n) is 4.89. The van der Waals surface area contributed by atoms with E-state index in [0.29, 0.717) is 0 Å². The Morgan fingerprint density at radius 1 is 1.30 bits per heavy atom. The molecule has 0 saturated carbocycles. The van der Waals surface area contributed by atoms with Gasteiger partial charge in [-0.3, -0.25) is 0 Å². The number of hydrogen-bond donors (Lipinski definition) is 2. The van der Waals surface area contributed by atoms with Crippen molar-refractivity contribution in [2.75, 3.05) is 32.1 Å². The van der Waals surface area contributed by atoms with E-state index in [1.807, 2.05) is 24.4 Å². The molecule has 2 aromatic rings. The largest absolute Gasteiger partial charge is 0.496 e. The molecule has 4 nitrogen and oxygen atoms in total. The number of fused-ring (bicyclic) bond motifs is 1. The highest BCUT2D eigenvalue weighted by Crippen LogP contribution is 2.29. The van der Waals surface area contributed by atoms with Gasteiger partial charge in [0.15, 0.2) is 0 Å². The van der Waals surface area contributed by atoms with Crippen molar-refractivity contribution in [3.8, 4) is 5.75 Å². The van der Waals surface area contributed by atoms with Crippen molar-refractivity contribution in [3.63, 3.8) is 0 Å². The van der Waals surface area contributed by atoms with Crippen LogP contribution >= 0.6 is 0 Å². The lowest BCUT2D eigenvalue weighted by atomic mass is 10.1. The van der Waals surface area contributed by atoms with Gasteiger partial charge in [0.25, 0.3) is 0 Å². The molecule has 0 atom stereocenters. The number of anilines is 1. The molecule has 3 rings (SSSR count). The molecule has 0 aliphatic carbocycles. The van der Waals surface area contributed by atoms with E-state index in [9.17, 15) is 0 Å². The molecule has 2 heterocycles. The second-order valence-corrected chi connectivity index (χ2v) is 4.89. The summed E-state index contributed by atoms with van der Waals surface area (Å²) in [7, 11) is 1.70. The lowest BCUT2D eigenvalue weighted by Gasteiger charge is -2.16. The van der Waals surface area contributed by atoms with Crippen LogP contribution in [0.25, 0.3) is 10.8 Å². The Kier molecular flexibility index (Phi) is 3.83. The summed E-state index contributed by atoms with van der Waals surface area (Å²) < 4.78 is 5.40. The maximum atomic E-state index is 5.40. The molecule has 0 unspecified atom stereocenters. The highest BCUT2D eigenvalue weighted by Gasteiger charge is 2.07. The molecule has 104 valence electrons. The zero-order valence-electron chi connectivity index (χ0n) is 11.6. The number of methoxy groups -OCH3 is 1. The first-order valence-corrected chi connectivity index (χ1v) is 6.92. The van der Waals surface area contributed by atoms with E-state index in [1.54, 1.807) is 7.11 Å². The fraction of sp³-hybridized carbons (Fsp3) is 0.312. The lowest BCUT2D eigenvalue weighted by molar-refractivity contribution is 0.420. The van der Waals surface area contributed by atoms with Gasteiger partial charge in [0.05, 0.1) is 7.11 Å². The van der Waals surface area contributed by atoms with Crippen LogP contribution in [-0.4, -0.2) is 31.7 Å². The topological polar surface area (TPSA) is 46.2 Å². The van der Waals surface area contributed by atoms with Crippen molar-refractivity contribution in [1.29, 1.82) is 0 Å². The third kappa shape index (κ3) is 2.60. The SMILES string of the molecule is COc1cccc2c(NCC3=CCNCC3)nccc12. The van der Waals surface area contributed by atoms with Gasteiger partial charge >= 0.3 is 0 Å². The highest BCUT2D eigenvalue weighted by atomic mass is 16.5. The van der Waals surface area contributed by atoms with Gasteiger partial charge in [0.1, 0.15) is 11.6 Å². The fourth-order valence-corrected chi connectivity index (χ4v) is 2.52. The van der Waals surface area contributed by atoms with Gasteiger partial charge < -0.3 is 15.4 Å². The first-order chi connectivity index (χ1) is 9.88. The van der Waals surface area contributed by atoms with Crippen LogP contribution < -0.4 is 15.4 Å². The van der Waals surface area contributed by atoms with Crippen LogP contribution in [0.2, 0.25) is 0 Å². The molecular formula is C16H19N3O. The number of pyridine rings is 1. The van der Waals surface area contributed by atoms with Crippen molar-refractivity contribution >= 4 is 16.6 Å². The molecule has 0 radical (unpaired) electrons. The van der Waals surface area contributed by atoms with Gasteiger partial charge in [-0.1, -0.05) is 23.8 Å². The molecule has 1 aliphatic heterocycles. The third-order valence-electron chi connectivity index (χ3n) is 3.63. The van der Waals surface area contributed by atoms with E-state index in [2.05, 4.69) is 27.8 Å². The van der Waals surface area contributed by atoms with E-state index >= 15 is 0 Å². The quantitative estimate of drug-likeness (QED) is 0.837. The zero-order valence-corrected chi connectivity index (χ0v) is 11.6. The van der Waals surface area contributed by atoms with Crippen molar-refractivity contribution in [1.82, 2.24) is 10.3 Å². The lowest BCUT2D eigenvalue weighted by Crippen LogP contribution is -2.23. The number of ether oxygens (including phenoxy) is 1. The maximum Gasteiger partial charge on any atom is 0.134 e. The Morgan fingerprint density at radius 2 is 2.25 bits per heavy atom. The second kappa shape index (κ2) is 5.92. The Hall–Kier alpha value is -2.07. The number of nitrogens with zero attached hydrogens (tertiary/aromatic N) is 1. The molecule has 1 aliphatic rings. The predicted octanol–water partition coefficient (Wildman–Crippen LogP) is 2.58. The molecule has 20 heavy (non-hydrogen) atoms. The van der Waals surface area contributed by atoms with Crippen molar-refractivity contribution < 1.29 is 4.74 Å². The monoisotopic (exact) mass is 269 g/mol. The van der Waals surface area contributed by atoms with Crippen LogP contribution in [0, 0.1) is 0 Å². The molecule has 0 spiro atoms. The summed E-state index contributed by atoms with van der Waals surface area (Å²) in [6.45, 7) is 2.88. The van der Waals surface area contributed by atoms with Crippen LogP contribution in [0.5, 0.6) is 5.75 Å². The molecular weight excluding hydrogens is 250 g/mol. The van der Waals surface area contributed by atoms with Gasteiger partial charge in [0.2, 0.25) is 0 Å². The van der Waals surface area contributed by atoms with Crippen molar-refractivity contribution in [2.24, 2.45) is 0 Å². The van der Waals surface area contributed by atoms with Gasteiger partial charge in [-0.2, -0.15) is 0 Å². The number of benzene rings is 1. The maximum absolute atomic E-state index is 5.40. The summed E-state index contributed by atoms with van der Waals surface area (Å²) in [5.41, 5.74) is 1.44. The van der Waals surface area contributed by atoms with Crippen LogP contribution in [0.1, 0.15) is 6.42 Å². The molecule has 1 aromatic carbocycles. The first kappa shape index (κ1) is 12.9. The van der Waals surface area contributed by atoms with Gasteiger partial charge in [-0.25, -0.2) is 4.98 Å². The summed E-state index contributed by atoms with van der Waals surface area (Å²) >= 11 is 0. The Morgan fingerprint density at radius 3 is 3.05 bits per heavy atom. The number of aromatic nitrogens is 1. The highest BCUT2D eigenvalue weighted by molar-refractivity contribution is 5.95. The minimum absolute atomic E-state index is 0.852. The molecule has 4 heteroatoms. The van der Waals surface area contributed by atoms with Crippen LogP contribution in [0.15, 0.2) is 42.1 Å². The normalized spacial score (nSPS) is 14.9. The first-order valence-electron chi connectivity index (χ1n) is 6.92. The summed E-state index contributed by atoms with van der Waals surface area (Å²) in [5.74, 6) is 1.80. The van der Waals surface area contributed by atoms with Crippen LogP contribution in [0.4, 0.5) is 5.82 Å². The van der Waals surface area contributed by atoms with E-state index in [1.165, 1.54) is 5.57 Å². The van der Waals surface area contributed by atoms with E-state index in [4.69, 9.17) is 4.74 Å². The molecule has 1 aromatic heterocycles. The van der Waals surface area contributed by atoms with E-state index in [0.717, 1.165) is 48.4 Å². The van der Waals surface area contributed by atoms with E-state index in [-0.39, 0.29) is 0 Å².